The van der Waals surface area contributed by atoms with E-state index in [1.807, 2.05) is 36.4 Å². The number of carbonyl (C=O) groups is 1. The zero-order valence-corrected chi connectivity index (χ0v) is 14.8. The summed E-state index contributed by atoms with van der Waals surface area (Å²) >= 11 is 5.98. The molecular weight excluding hydrogens is 340 g/mol. The van der Waals surface area contributed by atoms with Crippen LogP contribution in [0.4, 0.5) is 5.69 Å². The number of hydrogen-bond donors (Lipinski definition) is 1. The second-order valence-electron chi connectivity index (χ2n) is 6.09. The van der Waals surface area contributed by atoms with Gasteiger partial charge < -0.3 is 15.2 Å². The van der Waals surface area contributed by atoms with E-state index in [0.717, 1.165) is 24.0 Å². The largest absolute Gasteiger partial charge is 0.497 e. The van der Waals surface area contributed by atoms with Gasteiger partial charge in [-0.2, -0.15) is 0 Å². The lowest BCUT2D eigenvalue weighted by molar-refractivity contribution is -0.122. The van der Waals surface area contributed by atoms with Crippen LogP contribution in [0.25, 0.3) is 0 Å². The molecule has 6 heteroatoms. The van der Waals surface area contributed by atoms with Gasteiger partial charge in [0.1, 0.15) is 5.75 Å². The molecule has 2 atom stereocenters. The topological polar surface area (TPSA) is 64.8 Å². The third kappa shape index (κ3) is 4.12. The van der Waals surface area contributed by atoms with Crippen LogP contribution in [0.3, 0.4) is 0 Å². The minimum atomic E-state index is -0.542. The molecule has 0 aliphatic carbocycles. The summed E-state index contributed by atoms with van der Waals surface area (Å²) in [4.78, 5) is 13.4. The van der Waals surface area contributed by atoms with E-state index < -0.39 is 6.23 Å². The molecule has 1 fully saturated rings. The summed E-state index contributed by atoms with van der Waals surface area (Å²) in [6.07, 6.45) is 1.09. The Bertz CT molecular complexity index is 736. The summed E-state index contributed by atoms with van der Waals surface area (Å²) in [5.74, 6) is 0.825. The number of nitrogens with two attached hydrogens (primary N) is 1. The first-order valence-electron chi connectivity index (χ1n) is 8.10. The maximum Gasteiger partial charge on any atom is 0.167 e. The number of rotatable bonds is 6. The zero-order chi connectivity index (χ0) is 17.8. The molecule has 1 heterocycles. The van der Waals surface area contributed by atoms with Gasteiger partial charge in [0.15, 0.2) is 12.5 Å². The smallest absolute Gasteiger partial charge is 0.167 e. The van der Waals surface area contributed by atoms with Crippen LogP contribution in [0.2, 0.25) is 5.02 Å². The Labute approximate surface area is 152 Å². The molecular formula is C19H21ClN2O3. The van der Waals surface area contributed by atoms with E-state index >= 15 is 0 Å². The Hall–Kier alpha value is -2.08. The van der Waals surface area contributed by atoms with E-state index in [9.17, 15) is 4.79 Å². The highest BCUT2D eigenvalue weighted by Gasteiger charge is 2.34. The highest BCUT2D eigenvalue weighted by Crippen LogP contribution is 2.26. The number of methoxy groups -OCH3 is 1. The van der Waals surface area contributed by atoms with Crippen molar-refractivity contribution >= 4 is 23.6 Å². The van der Waals surface area contributed by atoms with E-state index in [1.54, 1.807) is 13.2 Å². The van der Waals surface area contributed by atoms with Crippen LogP contribution in [-0.4, -0.2) is 37.2 Å². The van der Waals surface area contributed by atoms with Crippen molar-refractivity contribution in [2.75, 3.05) is 19.5 Å². The third-order valence-electron chi connectivity index (χ3n) is 4.43. The first-order chi connectivity index (χ1) is 12.1. The fraction of sp³-hybridized carbons (Fsp3) is 0.316. The lowest BCUT2D eigenvalue weighted by Crippen LogP contribution is -2.38. The predicted octanol–water partition coefficient (Wildman–Crippen LogP) is 2.90. The molecule has 1 aliphatic heterocycles. The molecule has 1 aliphatic rings. The van der Waals surface area contributed by atoms with Crippen LogP contribution in [0, 0.1) is 0 Å². The van der Waals surface area contributed by atoms with Crippen LogP contribution >= 0.6 is 11.6 Å². The van der Waals surface area contributed by atoms with Crippen LogP contribution in [0.5, 0.6) is 5.75 Å². The second kappa shape index (κ2) is 7.87. The van der Waals surface area contributed by atoms with Crippen molar-refractivity contribution in [1.29, 1.82) is 0 Å². The number of anilines is 1. The van der Waals surface area contributed by atoms with Gasteiger partial charge in [-0.05, 0) is 41.8 Å². The van der Waals surface area contributed by atoms with Crippen LogP contribution in [-0.2, 0) is 22.5 Å². The molecule has 0 aromatic heterocycles. The van der Waals surface area contributed by atoms with Crippen LogP contribution in [0.15, 0.2) is 42.5 Å². The number of halogens is 1. The van der Waals surface area contributed by atoms with Crippen molar-refractivity contribution in [3.05, 3.63) is 58.6 Å². The average molecular weight is 361 g/mol. The molecule has 5 nitrogen and oxygen atoms in total. The van der Waals surface area contributed by atoms with E-state index in [0.29, 0.717) is 23.9 Å². The van der Waals surface area contributed by atoms with Gasteiger partial charge in [-0.15, -0.1) is 0 Å². The lowest BCUT2D eigenvalue weighted by Gasteiger charge is -2.25. The number of hydrogen-bond acceptors (Lipinski definition) is 5. The van der Waals surface area contributed by atoms with Crippen molar-refractivity contribution in [1.82, 2.24) is 4.90 Å². The monoisotopic (exact) mass is 360 g/mol. The van der Waals surface area contributed by atoms with Crippen molar-refractivity contribution in [3.8, 4) is 5.75 Å². The van der Waals surface area contributed by atoms with Gasteiger partial charge in [0.2, 0.25) is 0 Å². The molecule has 2 aromatic carbocycles. The van der Waals surface area contributed by atoms with E-state index in [2.05, 4.69) is 4.90 Å². The second-order valence-corrected chi connectivity index (χ2v) is 6.50. The number of benzene rings is 2. The van der Waals surface area contributed by atoms with Crippen molar-refractivity contribution in [3.63, 3.8) is 0 Å². The van der Waals surface area contributed by atoms with Gasteiger partial charge in [-0.3, -0.25) is 9.69 Å². The molecule has 2 aromatic rings. The van der Waals surface area contributed by atoms with E-state index in [1.165, 1.54) is 5.56 Å². The van der Waals surface area contributed by atoms with Crippen molar-refractivity contribution < 1.29 is 14.3 Å². The Morgan fingerprint density at radius 1 is 1.28 bits per heavy atom. The molecule has 1 unspecified atom stereocenters. The molecule has 0 radical (unpaired) electrons. The van der Waals surface area contributed by atoms with Gasteiger partial charge >= 0.3 is 0 Å². The summed E-state index contributed by atoms with van der Waals surface area (Å²) in [6, 6.07) is 13.6. The SMILES string of the molecule is COc1ccc(C[C@H]2COC(C=O)N2Cc2ccc(Cl)c(N)c2)cc1. The minimum absolute atomic E-state index is 0.112. The Kier molecular flexibility index (Phi) is 5.58. The fourth-order valence-corrected chi connectivity index (χ4v) is 3.18. The van der Waals surface area contributed by atoms with Gasteiger partial charge in [0.25, 0.3) is 0 Å². The standard InChI is InChI=1S/C19H21ClN2O3/c1-24-16-5-2-13(3-6-16)8-15-12-25-19(11-23)22(15)10-14-4-7-17(20)18(21)9-14/h2-7,9,11,15,19H,8,10,12,21H2,1H3/t15-,19?/m0/s1. The highest BCUT2D eigenvalue weighted by molar-refractivity contribution is 6.33. The summed E-state index contributed by atoms with van der Waals surface area (Å²) in [7, 11) is 1.65. The lowest BCUT2D eigenvalue weighted by atomic mass is 10.0. The van der Waals surface area contributed by atoms with Crippen LogP contribution < -0.4 is 10.5 Å². The molecule has 1 saturated heterocycles. The minimum Gasteiger partial charge on any atom is -0.497 e. The zero-order valence-electron chi connectivity index (χ0n) is 14.0. The normalized spacial score (nSPS) is 20.6. The number of carbonyl (C=O) groups excluding carboxylic acids is 1. The summed E-state index contributed by atoms with van der Waals surface area (Å²) < 4.78 is 10.8. The number of aldehydes is 1. The molecule has 3 rings (SSSR count). The summed E-state index contributed by atoms with van der Waals surface area (Å²) in [5, 5.41) is 0.531. The summed E-state index contributed by atoms with van der Waals surface area (Å²) in [6.45, 7) is 1.09. The van der Waals surface area contributed by atoms with Crippen LogP contribution in [0.1, 0.15) is 11.1 Å². The third-order valence-corrected chi connectivity index (χ3v) is 4.77. The molecule has 0 amide bonds. The van der Waals surface area contributed by atoms with E-state index in [-0.39, 0.29) is 6.04 Å². The van der Waals surface area contributed by atoms with Crippen molar-refractivity contribution in [2.24, 2.45) is 0 Å². The Morgan fingerprint density at radius 2 is 2.00 bits per heavy atom. The number of nitrogen functional groups attached to an aromatic ring is 1. The number of ether oxygens (including phenoxy) is 2. The highest BCUT2D eigenvalue weighted by atomic mass is 35.5. The quantitative estimate of drug-likeness (QED) is 0.634. The molecule has 0 bridgehead atoms. The maximum absolute atomic E-state index is 11.4. The van der Waals surface area contributed by atoms with Gasteiger partial charge in [0, 0.05) is 12.6 Å². The molecule has 132 valence electrons. The first-order valence-corrected chi connectivity index (χ1v) is 8.48. The Morgan fingerprint density at radius 3 is 2.64 bits per heavy atom. The summed E-state index contributed by atoms with van der Waals surface area (Å²) in [5.41, 5.74) is 8.59. The molecule has 0 saturated carbocycles. The fourth-order valence-electron chi connectivity index (χ4n) is 3.06. The van der Waals surface area contributed by atoms with Gasteiger partial charge in [-0.25, -0.2) is 0 Å². The van der Waals surface area contributed by atoms with Gasteiger partial charge in [0.05, 0.1) is 24.4 Å². The molecule has 2 N–H and O–H groups in total. The Balaban J connectivity index is 1.75. The number of nitrogens with zero attached hydrogens (tertiary/aromatic N) is 1. The first kappa shape index (κ1) is 17.7. The average Bonchev–Trinajstić information content (AvgIpc) is 3.00. The van der Waals surface area contributed by atoms with Crippen molar-refractivity contribution in [2.45, 2.75) is 25.2 Å². The predicted molar refractivity (Wildman–Crippen MR) is 97.7 cm³/mol. The maximum atomic E-state index is 11.4. The molecule has 25 heavy (non-hydrogen) atoms. The van der Waals surface area contributed by atoms with Gasteiger partial charge in [-0.1, -0.05) is 29.8 Å². The molecule has 0 spiro atoms. The van der Waals surface area contributed by atoms with E-state index in [4.69, 9.17) is 26.8 Å².